The third-order valence-electron chi connectivity index (χ3n) is 9.51. The summed E-state index contributed by atoms with van der Waals surface area (Å²) >= 11 is 0. The van der Waals surface area contributed by atoms with Gasteiger partial charge in [-0.05, 0) is 67.8 Å². The van der Waals surface area contributed by atoms with Gasteiger partial charge in [-0.15, -0.1) is 0 Å². The number of rotatable bonds is 4. The van der Waals surface area contributed by atoms with Gasteiger partial charge in [0.1, 0.15) is 12.7 Å². The molecule has 0 aromatic carbocycles. The summed E-state index contributed by atoms with van der Waals surface area (Å²) < 4.78 is 10.9. The molecule has 4 aliphatic carbocycles. The fourth-order valence-electron chi connectivity index (χ4n) is 7.93. The van der Waals surface area contributed by atoms with E-state index >= 15 is 0 Å². The number of carbonyl (C=O) groups excluding carboxylic acids is 3. The summed E-state index contributed by atoms with van der Waals surface area (Å²) in [5, 5.41) is 10.4. The van der Waals surface area contributed by atoms with Gasteiger partial charge >= 0.3 is 5.97 Å². The molecular weight excluding hydrogens is 384 g/mol. The summed E-state index contributed by atoms with van der Waals surface area (Å²) in [4.78, 5) is 36.3. The number of aliphatic hydroxyl groups excluding tert-OH is 1. The molecule has 6 heteroatoms. The van der Waals surface area contributed by atoms with Crippen LogP contribution in [0, 0.1) is 28.6 Å². The van der Waals surface area contributed by atoms with Crippen molar-refractivity contribution >= 4 is 17.5 Å². The predicted octanol–water partition coefficient (Wildman–Crippen LogP) is 2.76. The van der Waals surface area contributed by atoms with Gasteiger partial charge in [-0.1, -0.05) is 19.4 Å². The molecule has 164 valence electrons. The van der Waals surface area contributed by atoms with Crippen molar-refractivity contribution in [1.29, 1.82) is 0 Å². The topological polar surface area (TPSA) is 93.2 Å². The average molecular weight is 417 g/mol. The molecule has 3 saturated carbocycles. The summed E-state index contributed by atoms with van der Waals surface area (Å²) in [6.07, 6.45) is 6.82. The second-order valence-corrected chi connectivity index (χ2v) is 10.7. The minimum Gasteiger partial charge on any atom is -0.463 e. The van der Waals surface area contributed by atoms with Crippen LogP contribution in [0.15, 0.2) is 11.6 Å². The van der Waals surface area contributed by atoms with Crippen LogP contribution < -0.4 is 0 Å². The first-order chi connectivity index (χ1) is 14.1. The highest BCUT2D eigenvalue weighted by molar-refractivity contribution is 5.96. The molecule has 1 saturated heterocycles. The SMILES string of the molecule is CC(=O)OC[C@@H](O)C(=O)[C@]12O[C@H]1C[C@@H]1[C@@H]3CCC4=CC(=O)CC[C@]4(C)[C@H]3CC[C@]12C. The van der Waals surface area contributed by atoms with Crippen molar-refractivity contribution in [1.82, 2.24) is 0 Å². The van der Waals surface area contributed by atoms with Gasteiger partial charge in [-0.3, -0.25) is 14.4 Å². The first kappa shape index (κ1) is 20.4. The number of epoxide rings is 1. The molecular formula is C24H32O6. The van der Waals surface area contributed by atoms with Crippen LogP contribution in [-0.4, -0.2) is 47.1 Å². The Morgan fingerprint density at radius 3 is 2.73 bits per heavy atom. The lowest BCUT2D eigenvalue weighted by Crippen LogP contribution is -2.56. The van der Waals surface area contributed by atoms with Crippen molar-refractivity contribution < 1.29 is 29.0 Å². The number of aliphatic hydroxyl groups is 1. The fourth-order valence-corrected chi connectivity index (χ4v) is 7.93. The lowest BCUT2D eigenvalue weighted by molar-refractivity contribution is -0.154. The summed E-state index contributed by atoms with van der Waals surface area (Å²) in [7, 11) is 0. The Hall–Kier alpha value is -1.53. The Morgan fingerprint density at radius 1 is 1.23 bits per heavy atom. The Bertz CT molecular complexity index is 847. The highest BCUT2D eigenvalue weighted by atomic mass is 16.6. The number of allylic oxidation sites excluding steroid dienone is 1. The zero-order valence-corrected chi connectivity index (χ0v) is 18.1. The standard InChI is InChI=1S/C24H32O6/c1-13(25)29-12-19(27)21(28)24-20(30-24)11-18-16-5-4-14-10-15(26)6-8-22(14,2)17(16)7-9-23(18,24)3/h10,16-20,27H,4-9,11-12H2,1-3H3/t16-,17+,18-,19-,20+,22+,23-,24-/m1/s1. The van der Waals surface area contributed by atoms with Gasteiger partial charge in [0.05, 0.1) is 6.10 Å². The van der Waals surface area contributed by atoms with Gasteiger partial charge in [0.2, 0.25) is 0 Å². The highest BCUT2D eigenvalue weighted by Crippen LogP contribution is 2.73. The largest absolute Gasteiger partial charge is 0.463 e. The van der Waals surface area contributed by atoms with Crippen LogP contribution in [0.5, 0.6) is 0 Å². The van der Waals surface area contributed by atoms with Crippen LogP contribution in [-0.2, 0) is 23.9 Å². The molecule has 0 aromatic rings. The second kappa shape index (κ2) is 6.49. The normalized spacial score (nSPS) is 47.2. The summed E-state index contributed by atoms with van der Waals surface area (Å²) in [5.74, 6) is 0.890. The van der Waals surface area contributed by atoms with E-state index in [1.807, 2.05) is 6.08 Å². The maximum Gasteiger partial charge on any atom is 0.302 e. The van der Waals surface area contributed by atoms with E-state index in [-0.39, 0.29) is 35.1 Å². The summed E-state index contributed by atoms with van der Waals surface area (Å²) in [5.41, 5.74) is 0.208. The first-order valence-electron chi connectivity index (χ1n) is 11.4. The third kappa shape index (κ3) is 2.52. The first-order valence-corrected chi connectivity index (χ1v) is 11.4. The molecule has 1 heterocycles. The molecule has 0 radical (unpaired) electrons. The zero-order valence-electron chi connectivity index (χ0n) is 18.1. The van der Waals surface area contributed by atoms with E-state index in [0.717, 1.165) is 38.5 Å². The summed E-state index contributed by atoms with van der Waals surface area (Å²) in [6, 6.07) is 0. The van der Waals surface area contributed by atoms with E-state index in [9.17, 15) is 19.5 Å². The maximum atomic E-state index is 13.3. The van der Waals surface area contributed by atoms with Crippen LogP contribution in [0.3, 0.4) is 0 Å². The minimum absolute atomic E-state index is 0.0950. The number of hydrogen-bond donors (Lipinski definition) is 1. The molecule has 0 bridgehead atoms. The van der Waals surface area contributed by atoms with E-state index in [0.29, 0.717) is 24.2 Å². The Morgan fingerprint density at radius 2 is 2.00 bits per heavy atom. The van der Waals surface area contributed by atoms with Crippen molar-refractivity contribution in [2.45, 2.75) is 83.5 Å². The molecule has 1 N–H and O–H groups in total. The number of ketones is 2. The molecule has 0 aromatic heterocycles. The van der Waals surface area contributed by atoms with Gasteiger partial charge in [-0.2, -0.15) is 0 Å². The van der Waals surface area contributed by atoms with Gasteiger partial charge in [0, 0.05) is 18.8 Å². The van der Waals surface area contributed by atoms with Crippen LogP contribution in [0.25, 0.3) is 0 Å². The van der Waals surface area contributed by atoms with E-state index in [1.54, 1.807) is 0 Å². The number of carbonyl (C=O) groups is 3. The summed E-state index contributed by atoms with van der Waals surface area (Å²) in [6.45, 7) is 5.49. The Labute approximate surface area is 177 Å². The van der Waals surface area contributed by atoms with Crippen molar-refractivity contribution in [3.05, 3.63) is 11.6 Å². The molecule has 0 unspecified atom stereocenters. The van der Waals surface area contributed by atoms with E-state index < -0.39 is 17.7 Å². The number of Topliss-reactive ketones (excluding diaryl/α,β-unsaturated/α-hetero) is 1. The fraction of sp³-hybridized carbons (Fsp3) is 0.792. The van der Waals surface area contributed by atoms with E-state index in [1.165, 1.54) is 12.5 Å². The molecule has 8 atom stereocenters. The van der Waals surface area contributed by atoms with Crippen LogP contribution >= 0.6 is 0 Å². The Kier molecular flexibility index (Phi) is 4.41. The monoisotopic (exact) mass is 416 g/mol. The second-order valence-electron chi connectivity index (χ2n) is 10.7. The lowest BCUT2D eigenvalue weighted by Gasteiger charge is -2.58. The lowest BCUT2D eigenvalue weighted by atomic mass is 9.46. The van der Waals surface area contributed by atoms with E-state index in [4.69, 9.17) is 9.47 Å². The molecule has 0 spiro atoms. The van der Waals surface area contributed by atoms with Crippen molar-refractivity contribution in [3.8, 4) is 0 Å². The quantitative estimate of drug-likeness (QED) is 0.560. The van der Waals surface area contributed by atoms with Crippen molar-refractivity contribution in [2.75, 3.05) is 6.61 Å². The molecule has 30 heavy (non-hydrogen) atoms. The smallest absolute Gasteiger partial charge is 0.302 e. The number of fused-ring (bicyclic) bond motifs is 7. The molecule has 4 fully saturated rings. The van der Waals surface area contributed by atoms with Crippen molar-refractivity contribution in [3.63, 3.8) is 0 Å². The van der Waals surface area contributed by atoms with Gasteiger partial charge in [-0.25, -0.2) is 0 Å². The van der Waals surface area contributed by atoms with Crippen LogP contribution in [0.2, 0.25) is 0 Å². The highest BCUT2D eigenvalue weighted by Gasteiger charge is 2.80. The van der Waals surface area contributed by atoms with E-state index in [2.05, 4.69) is 13.8 Å². The van der Waals surface area contributed by atoms with Gasteiger partial charge in [0.15, 0.2) is 17.2 Å². The van der Waals surface area contributed by atoms with Gasteiger partial charge < -0.3 is 14.6 Å². The number of ether oxygens (including phenoxy) is 2. The van der Waals surface area contributed by atoms with Crippen molar-refractivity contribution in [2.24, 2.45) is 28.6 Å². The van der Waals surface area contributed by atoms with Crippen LogP contribution in [0.4, 0.5) is 0 Å². The van der Waals surface area contributed by atoms with Gasteiger partial charge in [0.25, 0.3) is 0 Å². The third-order valence-corrected chi connectivity index (χ3v) is 9.51. The predicted molar refractivity (Wildman–Crippen MR) is 107 cm³/mol. The molecule has 6 nitrogen and oxygen atoms in total. The number of esters is 1. The maximum absolute atomic E-state index is 13.3. The zero-order chi connectivity index (χ0) is 21.5. The molecule has 1 aliphatic heterocycles. The molecule has 5 aliphatic rings. The minimum atomic E-state index is -1.34. The molecule has 0 amide bonds. The average Bonchev–Trinajstić information content (AvgIpc) is 3.38. The van der Waals surface area contributed by atoms with Crippen LogP contribution in [0.1, 0.15) is 65.7 Å². The Balaban J connectivity index is 1.40. The molecule has 5 rings (SSSR count). The number of hydrogen-bond acceptors (Lipinski definition) is 6.